The Hall–Kier alpha value is -1.96. The summed E-state index contributed by atoms with van der Waals surface area (Å²) in [6.07, 6.45) is 13.4. The summed E-state index contributed by atoms with van der Waals surface area (Å²) < 4.78 is 0.238. The predicted molar refractivity (Wildman–Crippen MR) is 223 cm³/mol. The first-order valence-electron chi connectivity index (χ1n) is 19.5. The molecule has 0 spiro atoms. The van der Waals surface area contributed by atoms with E-state index in [9.17, 15) is 0 Å². The Morgan fingerprint density at radius 3 is 1.24 bits per heavy atom. The number of hydrogen-bond acceptors (Lipinski definition) is 0. The van der Waals surface area contributed by atoms with Crippen LogP contribution in [0.2, 0.25) is 13.1 Å². The van der Waals surface area contributed by atoms with Gasteiger partial charge in [0, 0.05) is 0 Å². The van der Waals surface area contributed by atoms with Crippen molar-refractivity contribution < 1.29 is 15.6 Å². The summed E-state index contributed by atoms with van der Waals surface area (Å²) in [7, 11) is 17.7. The van der Waals surface area contributed by atoms with Crippen LogP contribution < -0.4 is 0 Å². The van der Waals surface area contributed by atoms with Crippen LogP contribution in [0.25, 0.3) is 34.4 Å². The molecule has 0 N–H and O–H groups in total. The van der Waals surface area contributed by atoms with Gasteiger partial charge in [0.25, 0.3) is 0 Å². The van der Waals surface area contributed by atoms with Crippen molar-refractivity contribution in [2.45, 2.75) is 113 Å². The second kappa shape index (κ2) is 15.2. The van der Waals surface area contributed by atoms with Crippen molar-refractivity contribution in [2.24, 2.45) is 0 Å². The normalized spacial score (nSPS) is 17.7. The minimum absolute atomic E-state index is 0.119. The van der Waals surface area contributed by atoms with Crippen molar-refractivity contribution >= 4 is 35.1 Å². The summed E-state index contributed by atoms with van der Waals surface area (Å²) in [5, 5.41) is 0. The van der Waals surface area contributed by atoms with E-state index >= 15 is 0 Å². The minimum atomic E-state index is -4.90. The monoisotopic (exact) mass is 797 g/mol. The molecular formula is C46H57Cl2SiZr. The van der Waals surface area contributed by atoms with E-state index in [4.69, 9.17) is 17.0 Å². The second-order valence-corrected chi connectivity index (χ2v) is 57.6. The van der Waals surface area contributed by atoms with Gasteiger partial charge in [-0.3, -0.25) is 0 Å². The first kappa shape index (κ1) is 37.8. The zero-order valence-corrected chi connectivity index (χ0v) is 36.9. The number of rotatable bonds is 13. The molecular weight excluding hydrogens is 743 g/mol. The molecule has 0 bridgehead atoms. The van der Waals surface area contributed by atoms with Gasteiger partial charge < -0.3 is 0 Å². The summed E-state index contributed by atoms with van der Waals surface area (Å²) in [4.78, 5) is 0. The van der Waals surface area contributed by atoms with Gasteiger partial charge in [-0.1, -0.05) is 0 Å². The zero-order chi connectivity index (χ0) is 35.8. The third-order valence-electron chi connectivity index (χ3n) is 12.1. The Morgan fingerprint density at radius 1 is 0.520 bits per heavy atom. The van der Waals surface area contributed by atoms with Crippen LogP contribution in [-0.4, -0.2) is 5.92 Å². The Labute approximate surface area is 312 Å². The van der Waals surface area contributed by atoms with Gasteiger partial charge in [-0.25, -0.2) is 0 Å². The molecule has 0 radical (unpaired) electrons. The van der Waals surface area contributed by atoms with Crippen LogP contribution in [-0.2, 0) is 41.2 Å². The van der Waals surface area contributed by atoms with Crippen LogP contribution in [0.3, 0.4) is 0 Å². The predicted octanol–water partition coefficient (Wildman–Crippen LogP) is 14.4. The van der Waals surface area contributed by atoms with E-state index in [0.717, 1.165) is 51.4 Å². The van der Waals surface area contributed by atoms with Gasteiger partial charge >= 0.3 is 315 Å². The second-order valence-electron chi connectivity index (χ2n) is 15.1. The van der Waals surface area contributed by atoms with E-state index < -0.39 is 21.5 Å². The molecule has 0 fully saturated rings. The third-order valence-corrected chi connectivity index (χ3v) is 64.0. The van der Waals surface area contributed by atoms with Crippen molar-refractivity contribution in [3.8, 4) is 22.3 Å². The Bertz CT molecular complexity index is 1830. The molecule has 4 aromatic carbocycles. The van der Waals surface area contributed by atoms with Crippen molar-refractivity contribution in [1.82, 2.24) is 0 Å². The molecule has 0 saturated carbocycles. The van der Waals surface area contributed by atoms with E-state index in [1.165, 1.54) is 77.9 Å². The molecule has 0 aliphatic heterocycles. The summed E-state index contributed by atoms with van der Waals surface area (Å²) >= 11 is -4.90. The number of aryl methyl sites for hydroxylation is 4. The van der Waals surface area contributed by atoms with E-state index in [0.29, 0.717) is 0 Å². The molecule has 4 heteroatoms. The van der Waals surface area contributed by atoms with Crippen molar-refractivity contribution in [1.29, 1.82) is 0 Å². The molecule has 0 heterocycles. The fourth-order valence-electron chi connectivity index (χ4n) is 9.63. The first-order chi connectivity index (χ1) is 24.1. The van der Waals surface area contributed by atoms with E-state index in [1.807, 2.05) is 0 Å². The van der Waals surface area contributed by atoms with Crippen LogP contribution in [0.4, 0.5) is 0 Å². The summed E-state index contributed by atoms with van der Waals surface area (Å²) in [5.41, 5.74) is 19.8. The van der Waals surface area contributed by atoms with Crippen LogP contribution in [0.1, 0.15) is 119 Å². The Kier molecular flexibility index (Phi) is 11.5. The van der Waals surface area contributed by atoms with Gasteiger partial charge in [0.1, 0.15) is 0 Å². The van der Waals surface area contributed by atoms with Gasteiger partial charge in [-0.15, -0.1) is 0 Å². The van der Waals surface area contributed by atoms with E-state index in [1.54, 1.807) is 0 Å². The van der Waals surface area contributed by atoms with Crippen LogP contribution in [0.15, 0.2) is 83.9 Å². The molecule has 2 unspecified atom stereocenters. The zero-order valence-electron chi connectivity index (χ0n) is 31.7. The molecule has 6 rings (SSSR count). The topological polar surface area (TPSA) is 0 Å². The fraction of sp³-hybridized carbons (Fsp3) is 0.391. The molecule has 0 aromatic heterocycles. The summed E-state index contributed by atoms with van der Waals surface area (Å²) in [6.45, 7) is 18.8. The van der Waals surface area contributed by atoms with Crippen LogP contribution in [0, 0.1) is 0 Å². The van der Waals surface area contributed by atoms with Crippen LogP contribution >= 0.6 is 17.0 Å². The molecule has 0 nitrogen and oxygen atoms in total. The third kappa shape index (κ3) is 6.07. The SMILES string of the molecule is CCCC1=Cc2c(ccc(CC)c2-c2ccccc2CC)[CH]1[Zr]([Cl])([Cl])([CH]1C(CCC)=Cc2c1ccc(CC)c2-c1ccccc1CC)[SiH](C)C. The number of fused-ring (bicyclic) bond motifs is 2. The summed E-state index contributed by atoms with van der Waals surface area (Å²) in [5.74, 6) is -1.66. The van der Waals surface area contributed by atoms with E-state index in [2.05, 4.69) is 140 Å². The van der Waals surface area contributed by atoms with Crippen molar-refractivity contribution in [3.05, 3.63) is 128 Å². The van der Waals surface area contributed by atoms with Gasteiger partial charge in [0.2, 0.25) is 0 Å². The first-order valence-corrected chi connectivity index (χ1v) is 35.9. The number of hydrogen-bond donors (Lipinski definition) is 0. The standard InChI is InChI=1S/2C22H25.C2H7Si.2ClH.Zr/c2*1-4-9-16-14-19-13-12-18(6-3)22(21(19)15-16)20-11-8-7-10-17(20)5-2;1-3-2;;;/h2*7-8,10-15H,4-6,9H2,1-3H3;3H,1-2H3;2*1H;/q;;;;;+2/p-2. The van der Waals surface area contributed by atoms with Crippen molar-refractivity contribution in [3.63, 3.8) is 0 Å². The summed E-state index contributed by atoms with van der Waals surface area (Å²) in [6, 6.07) is 27.8. The van der Waals surface area contributed by atoms with Crippen molar-refractivity contribution in [2.75, 3.05) is 0 Å². The molecule has 4 aromatic rings. The molecule has 0 saturated heterocycles. The van der Waals surface area contributed by atoms with Gasteiger partial charge in [0.05, 0.1) is 0 Å². The van der Waals surface area contributed by atoms with Gasteiger partial charge in [0.15, 0.2) is 0 Å². The van der Waals surface area contributed by atoms with Crippen LogP contribution in [0.5, 0.6) is 0 Å². The average Bonchev–Trinajstić information content (AvgIpc) is 3.70. The molecule has 2 aliphatic rings. The molecule has 50 heavy (non-hydrogen) atoms. The number of allylic oxidation sites excluding steroid dienone is 2. The number of halogens is 2. The fourth-order valence-corrected chi connectivity index (χ4v) is 41.1. The average molecular weight is 800 g/mol. The molecule has 263 valence electrons. The van der Waals surface area contributed by atoms with E-state index in [-0.39, 0.29) is 7.25 Å². The maximum atomic E-state index is 8.87. The maximum absolute atomic E-state index is 8.87. The van der Waals surface area contributed by atoms with Gasteiger partial charge in [-0.05, 0) is 0 Å². The van der Waals surface area contributed by atoms with Gasteiger partial charge in [-0.2, -0.15) is 0 Å². The quantitative estimate of drug-likeness (QED) is 0.118. The molecule has 2 atom stereocenters. The Morgan fingerprint density at radius 2 is 0.900 bits per heavy atom. The molecule has 0 amide bonds. The number of benzene rings is 4. The molecule has 2 aliphatic carbocycles. The Balaban J connectivity index is 1.66.